The minimum absolute atomic E-state index is 0.182. The van der Waals surface area contributed by atoms with E-state index in [-0.39, 0.29) is 17.4 Å². The highest BCUT2D eigenvalue weighted by atomic mass is 19.1. The van der Waals surface area contributed by atoms with Crippen molar-refractivity contribution in [3.05, 3.63) is 88.3 Å². The first-order chi connectivity index (χ1) is 14.1. The van der Waals surface area contributed by atoms with Gasteiger partial charge in [0, 0.05) is 17.7 Å². The lowest BCUT2D eigenvalue weighted by atomic mass is 10.00. The van der Waals surface area contributed by atoms with Crippen LogP contribution >= 0.6 is 0 Å². The molecule has 0 radical (unpaired) electrons. The number of ether oxygens (including phenoxy) is 2. The number of Topliss-reactive ketones (excluding diaryl/α,β-unsaturated/α-hetero) is 1. The van der Waals surface area contributed by atoms with Crippen LogP contribution in [0.5, 0.6) is 11.5 Å². The molecule has 2 aliphatic heterocycles. The van der Waals surface area contributed by atoms with Crippen molar-refractivity contribution in [2.75, 3.05) is 6.73 Å². The Hall–Kier alpha value is -3.38. The molecule has 0 unspecified atom stereocenters. The van der Waals surface area contributed by atoms with Gasteiger partial charge in [0.25, 0.3) is 0 Å². The van der Waals surface area contributed by atoms with Crippen LogP contribution < -0.4 is 9.47 Å². The molecule has 0 saturated carbocycles. The van der Waals surface area contributed by atoms with Crippen LogP contribution in [0.25, 0.3) is 6.08 Å². The average molecular weight is 391 g/mol. The third-order valence-electron chi connectivity index (χ3n) is 5.13. The number of hydrogen-bond acceptors (Lipinski definition) is 5. The van der Waals surface area contributed by atoms with Gasteiger partial charge in [0.1, 0.15) is 29.8 Å². The predicted octanol–water partition coefficient (Wildman–Crippen LogP) is 4.70. The monoisotopic (exact) mass is 391 g/mol. The Morgan fingerprint density at radius 2 is 2.00 bits per heavy atom. The predicted molar refractivity (Wildman–Crippen MR) is 104 cm³/mol. The molecule has 2 aliphatic rings. The third-order valence-corrected chi connectivity index (χ3v) is 5.13. The lowest BCUT2D eigenvalue weighted by Crippen LogP contribution is -2.31. The molecule has 0 atom stereocenters. The van der Waals surface area contributed by atoms with Gasteiger partial charge < -0.3 is 13.9 Å². The number of ketones is 1. The zero-order valence-corrected chi connectivity index (χ0v) is 15.8. The van der Waals surface area contributed by atoms with E-state index in [1.165, 1.54) is 12.1 Å². The molecule has 3 aromatic rings. The lowest BCUT2D eigenvalue weighted by molar-refractivity contribution is 0.0813. The zero-order chi connectivity index (χ0) is 20.0. The summed E-state index contributed by atoms with van der Waals surface area (Å²) in [4.78, 5) is 15.0. The number of carbonyl (C=O) groups excluding carboxylic acids is 1. The Labute approximate surface area is 167 Å². The van der Waals surface area contributed by atoms with Gasteiger partial charge in [0.2, 0.25) is 5.78 Å². The average Bonchev–Trinajstić information content (AvgIpc) is 3.33. The summed E-state index contributed by atoms with van der Waals surface area (Å²) in [5.74, 6) is 1.87. The van der Waals surface area contributed by atoms with Gasteiger partial charge in [-0.2, -0.15) is 0 Å². The van der Waals surface area contributed by atoms with Crippen LogP contribution in [-0.4, -0.2) is 17.4 Å². The fraction of sp³-hybridized carbons (Fsp3) is 0.174. The van der Waals surface area contributed by atoms with Gasteiger partial charge in [-0.25, -0.2) is 4.39 Å². The normalized spacial score (nSPS) is 17.0. The molecule has 29 heavy (non-hydrogen) atoms. The molecule has 3 heterocycles. The van der Waals surface area contributed by atoms with Gasteiger partial charge in [0.05, 0.1) is 18.4 Å². The van der Waals surface area contributed by atoms with Crippen molar-refractivity contribution < 1.29 is 23.1 Å². The number of allylic oxidation sites excluding steroid dienone is 1. The third kappa shape index (κ3) is 3.21. The van der Waals surface area contributed by atoms with Gasteiger partial charge >= 0.3 is 0 Å². The zero-order valence-electron chi connectivity index (χ0n) is 15.8. The van der Waals surface area contributed by atoms with Crippen molar-refractivity contribution in [1.29, 1.82) is 0 Å². The number of furan rings is 1. The number of benzene rings is 2. The molecule has 0 fully saturated rings. The standard InChI is InChI=1S/C23H18FNO4/c1-14-22-16(11-25(13-28-22)12-18-3-2-8-27-18)10-19-21(26)20(29-23(14)19)9-15-4-6-17(24)7-5-15/h2-10H,11-13H2,1H3/b20-9-. The highest BCUT2D eigenvalue weighted by Gasteiger charge is 2.33. The molecule has 5 nitrogen and oxygen atoms in total. The SMILES string of the molecule is Cc1c2c(cc3c1O/C(=C\c1ccc(F)cc1)C3=O)CN(Cc1ccco1)CO2. The number of rotatable bonds is 3. The second kappa shape index (κ2) is 6.90. The van der Waals surface area contributed by atoms with Crippen molar-refractivity contribution in [1.82, 2.24) is 4.90 Å². The molecule has 5 rings (SSSR count). The summed E-state index contributed by atoms with van der Waals surface area (Å²) >= 11 is 0. The number of fused-ring (bicyclic) bond motifs is 2. The van der Waals surface area contributed by atoms with Crippen LogP contribution in [0.4, 0.5) is 4.39 Å². The highest BCUT2D eigenvalue weighted by Crippen LogP contribution is 2.43. The Morgan fingerprint density at radius 3 is 2.76 bits per heavy atom. The molecule has 0 aliphatic carbocycles. The summed E-state index contributed by atoms with van der Waals surface area (Å²) in [6.45, 7) is 3.60. The van der Waals surface area contributed by atoms with Crippen molar-refractivity contribution in [2.45, 2.75) is 20.0 Å². The van der Waals surface area contributed by atoms with Crippen molar-refractivity contribution >= 4 is 11.9 Å². The van der Waals surface area contributed by atoms with Gasteiger partial charge in [-0.05, 0) is 48.9 Å². The van der Waals surface area contributed by atoms with E-state index in [1.54, 1.807) is 24.5 Å². The van der Waals surface area contributed by atoms with Crippen LogP contribution in [0, 0.1) is 12.7 Å². The number of carbonyl (C=O) groups is 1. The van der Waals surface area contributed by atoms with Gasteiger partial charge in [-0.1, -0.05) is 12.1 Å². The quantitative estimate of drug-likeness (QED) is 0.606. The maximum atomic E-state index is 13.1. The van der Waals surface area contributed by atoms with Gasteiger partial charge in [-0.15, -0.1) is 0 Å². The molecular formula is C23H18FNO4. The van der Waals surface area contributed by atoms with E-state index in [9.17, 15) is 9.18 Å². The molecule has 146 valence electrons. The van der Waals surface area contributed by atoms with Crippen LogP contribution in [-0.2, 0) is 13.1 Å². The van der Waals surface area contributed by atoms with E-state index < -0.39 is 0 Å². The molecule has 0 amide bonds. The Bertz CT molecular complexity index is 1120. The summed E-state index contributed by atoms with van der Waals surface area (Å²) in [7, 11) is 0. The molecule has 6 heteroatoms. The second-order valence-corrected chi connectivity index (χ2v) is 7.20. The maximum absolute atomic E-state index is 13.1. The minimum atomic E-state index is -0.325. The van der Waals surface area contributed by atoms with Gasteiger partial charge in [0.15, 0.2) is 5.76 Å². The maximum Gasteiger partial charge on any atom is 0.231 e. The number of hydrogen-bond donors (Lipinski definition) is 0. The summed E-state index contributed by atoms with van der Waals surface area (Å²) in [6, 6.07) is 11.5. The fourth-order valence-corrected chi connectivity index (χ4v) is 3.73. The first-order valence-electron chi connectivity index (χ1n) is 9.32. The van der Waals surface area contributed by atoms with Crippen LogP contribution in [0.2, 0.25) is 0 Å². The van der Waals surface area contributed by atoms with E-state index in [1.807, 2.05) is 25.1 Å². The van der Waals surface area contributed by atoms with Gasteiger partial charge in [-0.3, -0.25) is 9.69 Å². The summed E-state index contributed by atoms with van der Waals surface area (Å²) < 4.78 is 30.4. The lowest BCUT2D eigenvalue weighted by Gasteiger charge is -2.29. The molecule has 1 aromatic heterocycles. The van der Waals surface area contributed by atoms with Crippen LogP contribution in [0.1, 0.15) is 32.8 Å². The van der Waals surface area contributed by atoms with E-state index in [0.717, 1.165) is 22.6 Å². The van der Waals surface area contributed by atoms with Crippen LogP contribution in [0.3, 0.4) is 0 Å². The van der Waals surface area contributed by atoms with E-state index >= 15 is 0 Å². The number of nitrogens with zero attached hydrogens (tertiary/aromatic N) is 1. The van der Waals surface area contributed by atoms with Crippen LogP contribution in [0.15, 0.2) is 58.9 Å². The Kier molecular flexibility index (Phi) is 4.21. The fourth-order valence-electron chi connectivity index (χ4n) is 3.73. The Balaban J connectivity index is 1.44. The molecule has 0 N–H and O–H groups in total. The minimum Gasteiger partial charge on any atom is -0.477 e. The first kappa shape index (κ1) is 17.7. The summed E-state index contributed by atoms with van der Waals surface area (Å²) in [5, 5.41) is 0. The topological polar surface area (TPSA) is 51.9 Å². The second-order valence-electron chi connectivity index (χ2n) is 7.20. The van der Waals surface area contributed by atoms with Crippen molar-refractivity contribution in [3.8, 4) is 11.5 Å². The van der Waals surface area contributed by atoms with Crippen molar-refractivity contribution in [3.63, 3.8) is 0 Å². The molecule has 0 bridgehead atoms. The summed E-state index contributed by atoms with van der Waals surface area (Å²) in [6.07, 6.45) is 3.28. The summed E-state index contributed by atoms with van der Waals surface area (Å²) in [5.41, 5.74) is 2.98. The molecule has 0 saturated heterocycles. The molecule has 2 aromatic carbocycles. The first-order valence-corrected chi connectivity index (χ1v) is 9.32. The van der Waals surface area contributed by atoms with Crippen molar-refractivity contribution in [2.24, 2.45) is 0 Å². The largest absolute Gasteiger partial charge is 0.477 e. The Morgan fingerprint density at radius 1 is 1.17 bits per heavy atom. The smallest absolute Gasteiger partial charge is 0.231 e. The molecule has 0 spiro atoms. The van der Waals surface area contributed by atoms with E-state index in [2.05, 4.69) is 4.90 Å². The van der Waals surface area contributed by atoms with E-state index in [4.69, 9.17) is 13.9 Å². The molecular weight excluding hydrogens is 373 g/mol. The van der Waals surface area contributed by atoms with E-state index in [0.29, 0.717) is 36.7 Å². The number of halogens is 1. The highest BCUT2D eigenvalue weighted by molar-refractivity contribution is 6.15.